The summed E-state index contributed by atoms with van der Waals surface area (Å²) in [5.74, 6) is 0. The minimum Gasteiger partial charge on any atom is -0.362 e. The highest BCUT2D eigenvalue weighted by Gasteiger charge is 1.91. The maximum absolute atomic E-state index is 3.97. The van der Waals surface area contributed by atoms with Gasteiger partial charge in [-0.15, -0.1) is 0 Å². The summed E-state index contributed by atoms with van der Waals surface area (Å²) in [6, 6.07) is 10.0. The van der Waals surface area contributed by atoms with Crippen molar-refractivity contribution in [2.75, 3.05) is 0 Å². The molecule has 76 valence electrons. The van der Waals surface area contributed by atoms with Crippen LogP contribution >= 0.6 is 0 Å². The third-order valence-electron chi connectivity index (χ3n) is 1.94. The average molecular weight is 197 g/mol. The summed E-state index contributed by atoms with van der Waals surface area (Å²) < 4.78 is 0. The molecule has 0 atom stereocenters. The zero-order valence-electron chi connectivity index (χ0n) is 8.74. The predicted octanol–water partition coefficient (Wildman–Crippen LogP) is 3.50. The molecular weight excluding hydrogens is 182 g/mol. The van der Waals surface area contributed by atoms with Crippen LogP contribution in [0.25, 0.3) is 5.57 Å². The van der Waals surface area contributed by atoms with E-state index in [4.69, 9.17) is 0 Å². The molecule has 0 aliphatic carbocycles. The molecule has 0 unspecified atom stereocenters. The van der Waals surface area contributed by atoms with Crippen LogP contribution in [0.15, 0.2) is 74.1 Å². The van der Waals surface area contributed by atoms with E-state index in [-0.39, 0.29) is 0 Å². The van der Waals surface area contributed by atoms with E-state index in [2.05, 4.69) is 25.1 Å². The summed E-state index contributed by atoms with van der Waals surface area (Å²) in [5, 5.41) is 2.98. The molecule has 0 spiro atoms. The first-order chi connectivity index (χ1) is 7.24. The summed E-state index contributed by atoms with van der Waals surface area (Å²) in [4.78, 5) is 0. The number of benzene rings is 1. The van der Waals surface area contributed by atoms with Crippen LogP contribution in [0.1, 0.15) is 5.56 Å². The van der Waals surface area contributed by atoms with E-state index in [1.807, 2.05) is 36.4 Å². The second-order valence-corrected chi connectivity index (χ2v) is 3.10. The molecule has 15 heavy (non-hydrogen) atoms. The zero-order valence-corrected chi connectivity index (χ0v) is 8.74. The van der Waals surface area contributed by atoms with Crippen molar-refractivity contribution in [1.29, 1.82) is 0 Å². The topological polar surface area (TPSA) is 12.0 Å². The highest BCUT2D eigenvalue weighted by molar-refractivity contribution is 5.71. The number of hydrogen-bond acceptors (Lipinski definition) is 1. The van der Waals surface area contributed by atoms with Crippen molar-refractivity contribution in [1.82, 2.24) is 5.32 Å². The van der Waals surface area contributed by atoms with Gasteiger partial charge in [0, 0.05) is 11.9 Å². The fourth-order valence-electron chi connectivity index (χ4n) is 1.06. The van der Waals surface area contributed by atoms with Crippen LogP contribution in [0.2, 0.25) is 0 Å². The largest absolute Gasteiger partial charge is 0.362 e. The summed E-state index contributed by atoms with van der Waals surface area (Å²) in [6.07, 6.45) is 5.37. The predicted molar refractivity (Wildman–Crippen MR) is 67.1 cm³/mol. The third kappa shape index (κ3) is 3.69. The molecule has 0 bridgehead atoms. The lowest BCUT2D eigenvalue weighted by atomic mass is 10.1. The summed E-state index contributed by atoms with van der Waals surface area (Å²) in [7, 11) is 0. The van der Waals surface area contributed by atoms with E-state index in [1.54, 1.807) is 12.3 Å². The Morgan fingerprint density at radius 1 is 1.13 bits per heavy atom. The van der Waals surface area contributed by atoms with E-state index >= 15 is 0 Å². The molecule has 0 radical (unpaired) electrons. The Kier molecular flexibility index (Phi) is 4.17. The van der Waals surface area contributed by atoms with E-state index in [9.17, 15) is 0 Å². The van der Waals surface area contributed by atoms with Gasteiger partial charge in [0.25, 0.3) is 0 Å². The van der Waals surface area contributed by atoms with Gasteiger partial charge in [0.1, 0.15) is 0 Å². The van der Waals surface area contributed by atoms with Crippen molar-refractivity contribution in [3.05, 3.63) is 79.7 Å². The van der Waals surface area contributed by atoms with Gasteiger partial charge in [-0.05, 0) is 23.3 Å². The minimum absolute atomic E-state index is 0.770. The molecule has 1 N–H and O–H groups in total. The maximum atomic E-state index is 3.97. The molecule has 0 aliphatic heterocycles. The Morgan fingerprint density at radius 2 is 1.80 bits per heavy atom. The maximum Gasteiger partial charge on any atom is 0.0300 e. The molecule has 1 nitrogen and oxygen atoms in total. The number of nitrogens with one attached hydrogen (secondary N) is 1. The summed E-state index contributed by atoms with van der Waals surface area (Å²) in [5.41, 5.74) is 2.84. The Hall–Kier alpha value is -2.02. The van der Waals surface area contributed by atoms with Crippen LogP contribution in [0.5, 0.6) is 0 Å². The van der Waals surface area contributed by atoms with Crippen molar-refractivity contribution < 1.29 is 0 Å². The lowest BCUT2D eigenvalue weighted by molar-refractivity contribution is 1.12. The molecule has 0 saturated heterocycles. The fourth-order valence-corrected chi connectivity index (χ4v) is 1.06. The van der Waals surface area contributed by atoms with Crippen molar-refractivity contribution in [3.8, 4) is 0 Å². The van der Waals surface area contributed by atoms with Crippen molar-refractivity contribution in [3.63, 3.8) is 0 Å². The van der Waals surface area contributed by atoms with Gasteiger partial charge in [0.15, 0.2) is 0 Å². The minimum atomic E-state index is 0.770. The fraction of sp³-hybridized carbons (Fsp3) is 0. The first kappa shape index (κ1) is 11.1. The van der Waals surface area contributed by atoms with Crippen LogP contribution in [0.3, 0.4) is 0 Å². The van der Waals surface area contributed by atoms with Gasteiger partial charge >= 0.3 is 0 Å². The monoisotopic (exact) mass is 197 g/mol. The molecule has 0 aromatic heterocycles. The van der Waals surface area contributed by atoms with Crippen LogP contribution < -0.4 is 5.32 Å². The van der Waals surface area contributed by atoms with Gasteiger partial charge in [-0.25, -0.2) is 0 Å². The average Bonchev–Trinajstić information content (AvgIpc) is 2.29. The molecule has 0 aliphatic rings. The van der Waals surface area contributed by atoms with Crippen LogP contribution in [0, 0.1) is 0 Å². The van der Waals surface area contributed by atoms with Gasteiger partial charge < -0.3 is 5.32 Å². The third-order valence-corrected chi connectivity index (χ3v) is 1.94. The van der Waals surface area contributed by atoms with Gasteiger partial charge in [-0.1, -0.05) is 50.1 Å². The van der Waals surface area contributed by atoms with Crippen LogP contribution in [-0.4, -0.2) is 0 Å². The quantitative estimate of drug-likeness (QED) is 0.712. The molecular formula is C14H15N. The van der Waals surface area contributed by atoms with Gasteiger partial charge in [0.2, 0.25) is 0 Å². The smallest absolute Gasteiger partial charge is 0.0300 e. The molecule has 0 fully saturated rings. The Labute approximate surface area is 91.1 Å². The number of hydrogen-bond donors (Lipinski definition) is 1. The normalized spacial score (nSPS) is 9.87. The van der Waals surface area contributed by atoms with Crippen LogP contribution in [0.4, 0.5) is 0 Å². The van der Waals surface area contributed by atoms with E-state index < -0.39 is 0 Å². The standard InChI is InChI=1S/C14H15N/c1-4-13(3)15-11-10-12(2)14-8-6-5-7-9-14/h4-11,15H,1-3H2/b11-10-. The van der Waals surface area contributed by atoms with E-state index in [0.717, 1.165) is 16.8 Å². The van der Waals surface area contributed by atoms with E-state index in [0.29, 0.717) is 0 Å². The SMILES string of the molecule is C=CC(=C)N/C=C\C(=C)c1ccccc1. The lowest BCUT2D eigenvalue weighted by Gasteiger charge is -2.00. The lowest BCUT2D eigenvalue weighted by Crippen LogP contribution is -1.99. The first-order valence-electron chi connectivity index (χ1n) is 4.73. The summed E-state index contributed by atoms with van der Waals surface area (Å²) >= 11 is 0. The first-order valence-corrected chi connectivity index (χ1v) is 4.73. The molecule has 0 saturated carbocycles. The molecule has 1 aromatic rings. The van der Waals surface area contributed by atoms with Gasteiger partial charge in [-0.3, -0.25) is 0 Å². The van der Waals surface area contributed by atoms with Crippen molar-refractivity contribution in [2.45, 2.75) is 0 Å². The van der Waals surface area contributed by atoms with E-state index in [1.165, 1.54) is 0 Å². The molecule has 0 amide bonds. The Balaban J connectivity index is 2.57. The Bertz CT molecular complexity index is 385. The van der Waals surface area contributed by atoms with Crippen molar-refractivity contribution in [2.24, 2.45) is 0 Å². The highest BCUT2D eigenvalue weighted by atomic mass is 14.8. The second-order valence-electron chi connectivity index (χ2n) is 3.10. The van der Waals surface area contributed by atoms with Gasteiger partial charge in [-0.2, -0.15) is 0 Å². The highest BCUT2D eigenvalue weighted by Crippen LogP contribution is 2.11. The molecule has 1 heteroatoms. The van der Waals surface area contributed by atoms with Gasteiger partial charge in [0.05, 0.1) is 0 Å². The van der Waals surface area contributed by atoms with Crippen molar-refractivity contribution >= 4 is 5.57 Å². The molecule has 1 rings (SSSR count). The zero-order chi connectivity index (χ0) is 11.1. The Morgan fingerprint density at radius 3 is 2.40 bits per heavy atom. The molecule has 1 aromatic carbocycles. The number of allylic oxidation sites excluding steroid dienone is 3. The number of rotatable bonds is 5. The van der Waals surface area contributed by atoms with Crippen LogP contribution in [-0.2, 0) is 0 Å². The molecule has 0 heterocycles. The second kappa shape index (κ2) is 5.66. The summed E-state index contributed by atoms with van der Waals surface area (Å²) in [6.45, 7) is 11.3.